The predicted octanol–water partition coefficient (Wildman–Crippen LogP) is 2.46. The van der Waals surface area contributed by atoms with Crippen molar-refractivity contribution in [2.24, 2.45) is 0 Å². The molecule has 1 N–H and O–H groups in total. The van der Waals surface area contributed by atoms with Gasteiger partial charge in [0, 0.05) is 25.7 Å². The first-order valence-corrected chi connectivity index (χ1v) is 9.84. The van der Waals surface area contributed by atoms with E-state index in [9.17, 15) is 9.59 Å². The smallest absolute Gasteiger partial charge is 0.260 e. The highest BCUT2D eigenvalue weighted by Crippen LogP contribution is 2.28. The van der Waals surface area contributed by atoms with Crippen LogP contribution in [0.1, 0.15) is 25.3 Å². The maximum absolute atomic E-state index is 12.5. The Morgan fingerprint density at radius 1 is 1.32 bits per heavy atom. The Balaban J connectivity index is 1.58. The van der Waals surface area contributed by atoms with E-state index in [-0.39, 0.29) is 36.4 Å². The number of amides is 2. The molecule has 1 saturated heterocycles. The zero-order valence-corrected chi connectivity index (χ0v) is 16.6. The molecule has 1 aliphatic carbocycles. The first-order valence-electron chi connectivity index (χ1n) is 9.40. The number of benzene rings is 1. The van der Waals surface area contributed by atoms with Crippen molar-refractivity contribution >= 4 is 23.4 Å². The summed E-state index contributed by atoms with van der Waals surface area (Å²) in [7, 11) is 0. The van der Waals surface area contributed by atoms with Crippen LogP contribution in [0.25, 0.3) is 0 Å². The van der Waals surface area contributed by atoms with E-state index in [2.05, 4.69) is 0 Å². The van der Waals surface area contributed by atoms with Crippen LogP contribution in [0.3, 0.4) is 0 Å². The second-order valence-corrected chi connectivity index (χ2v) is 7.51. The number of hydrogen-bond acceptors (Lipinski definition) is 4. The number of nitrogens with zero attached hydrogens (tertiary/aromatic N) is 2. The summed E-state index contributed by atoms with van der Waals surface area (Å²) in [4.78, 5) is 28.3. The summed E-state index contributed by atoms with van der Waals surface area (Å²) in [6.45, 7) is 2.49. The molecule has 1 aromatic rings. The predicted molar refractivity (Wildman–Crippen MR) is 107 cm³/mol. The Labute approximate surface area is 170 Å². The van der Waals surface area contributed by atoms with Crippen LogP contribution in [0.5, 0.6) is 5.75 Å². The van der Waals surface area contributed by atoms with Crippen molar-refractivity contribution in [3.8, 4) is 5.75 Å². The van der Waals surface area contributed by atoms with Gasteiger partial charge in [-0.2, -0.15) is 0 Å². The molecule has 1 aromatic carbocycles. The largest absolute Gasteiger partial charge is 0.484 e. The number of alkyl halides is 1. The normalized spacial score (nSPS) is 21.4. The molecule has 6 nitrogen and oxygen atoms in total. The first-order chi connectivity index (χ1) is 13.5. The fourth-order valence-corrected chi connectivity index (χ4v) is 3.86. The van der Waals surface area contributed by atoms with E-state index in [0.29, 0.717) is 31.7 Å². The number of aliphatic hydroxyl groups is 1. The highest BCUT2D eigenvalue weighted by atomic mass is 35.5. The number of hydrogen-bond donors (Lipinski definition) is 1. The lowest BCUT2D eigenvalue weighted by molar-refractivity contribution is -0.134. The van der Waals surface area contributed by atoms with Gasteiger partial charge in [0.25, 0.3) is 5.91 Å². The van der Waals surface area contributed by atoms with Gasteiger partial charge in [-0.3, -0.25) is 9.59 Å². The van der Waals surface area contributed by atoms with Gasteiger partial charge in [0.05, 0.1) is 18.0 Å². The molecule has 2 amide bonds. The van der Waals surface area contributed by atoms with E-state index < -0.39 is 0 Å². The van der Waals surface area contributed by atoms with Gasteiger partial charge in [0.15, 0.2) is 6.61 Å². The van der Waals surface area contributed by atoms with Crippen molar-refractivity contribution in [3.05, 3.63) is 53.8 Å². The molecule has 28 heavy (non-hydrogen) atoms. The molecule has 2 atom stereocenters. The molecule has 0 bridgehead atoms. The molecular weight excluding hydrogens is 380 g/mol. The molecule has 1 heterocycles. The Bertz CT molecular complexity index is 775. The number of rotatable bonds is 6. The minimum absolute atomic E-state index is 0.0313. The zero-order valence-electron chi connectivity index (χ0n) is 15.9. The summed E-state index contributed by atoms with van der Waals surface area (Å²) in [6, 6.07) is 6.89. The molecule has 0 saturated carbocycles. The van der Waals surface area contributed by atoms with E-state index in [4.69, 9.17) is 21.4 Å². The van der Waals surface area contributed by atoms with Crippen LogP contribution in [0.15, 0.2) is 48.2 Å². The number of carbonyl (C=O) groups excluding carboxylic acids is 2. The Morgan fingerprint density at radius 3 is 2.71 bits per heavy atom. The van der Waals surface area contributed by atoms with Gasteiger partial charge in [-0.25, -0.2) is 0 Å². The van der Waals surface area contributed by atoms with Crippen LogP contribution >= 0.6 is 11.6 Å². The fourth-order valence-electron chi connectivity index (χ4n) is 3.58. The summed E-state index contributed by atoms with van der Waals surface area (Å²) in [5.41, 5.74) is 1.59. The molecule has 0 spiro atoms. The van der Waals surface area contributed by atoms with Crippen LogP contribution in [0.2, 0.25) is 0 Å². The van der Waals surface area contributed by atoms with Crippen LogP contribution in [-0.4, -0.2) is 57.8 Å². The Hall–Kier alpha value is -2.31. The van der Waals surface area contributed by atoms with E-state index in [1.54, 1.807) is 34.1 Å². The van der Waals surface area contributed by atoms with Crippen LogP contribution in [0.4, 0.5) is 0 Å². The van der Waals surface area contributed by atoms with Gasteiger partial charge in [0.2, 0.25) is 5.91 Å². The Morgan fingerprint density at radius 2 is 2.07 bits per heavy atom. The van der Waals surface area contributed by atoms with Gasteiger partial charge in [-0.1, -0.05) is 24.3 Å². The molecule has 150 valence electrons. The van der Waals surface area contributed by atoms with Crippen molar-refractivity contribution in [1.82, 2.24) is 9.80 Å². The van der Waals surface area contributed by atoms with Crippen molar-refractivity contribution in [2.45, 2.75) is 37.8 Å². The lowest BCUT2D eigenvalue weighted by Gasteiger charge is -2.33. The number of carbonyl (C=O) groups is 2. The van der Waals surface area contributed by atoms with Gasteiger partial charge in [-0.15, -0.1) is 11.6 Å². The number of ether oxygens (including phenoxy) is 1. The molecule has 0 aromatic heterocycles. The van der Waals surface area contributed by atoms with Crippen molar-refractivity contribution in [3.63, 3.8) is 0 Å². The van der Waals surface area contributed by atoms with Crippen molar-refractivity contribution < 1.29 is 19.4 Å². The lowest BCUT2D eigenvalue weighted by atomic mass is 10.1. The lowest BCUT2D eigenvalue weighted by Crippen LogP contribution is -2.43. The number of allylic oxidation sites excluding steroid dienone is 4. The second-order valence-electron chi connectivity index (χ2n) is 6.98. The van der Waals surface area contributed by atoms with Gasteiger partial charge in [-0.05, 0) is 36.6 Å². The van der Waals surface area contributed by atoms with Gasteiger partial charge < -0.3 is 19.6 Å². The molecule has 2 aliphatic rings. The van der Waals surface area contributed by atoms with Gasteiger partial charge >= 0.3 is 0 Å². The van der Waals surface area contributed by atoms with E-state index in [0.717, 1.165) is 11.3 Å². The Kier molecular flexibility index (Phi) is 6.75. The summed E-state index contributed by atoms with van der Waals surface area (Å²) in [5, 5.41) is 8.83. The molecule has 3 rings (SSSR count). The standard InChI is InChI=1S/C21H25ClN2O4/c1-15(26)24(20-5-3-2-4-19(20)22)17-10-11-23(12-17)21(27)14-28-18-8-6-16(13-25)7-9-18/h2-3,5-9,17,19,25H,4,10-14H2,1H3. The minimum atomic E-state index is -0.233. The van der Waals surface area contributed by atoms with Crippen molar-refractivity contribution in [2.75, 3.05) is 19.7 Å². The zero-order chi connectivity index (χ0) is 20.1. The summed E-state index contributed by atoms with van der Waals surface area (Å²) in [6.07, 6.45) is 7.18. The van der Waals surface area contributed by atoms with Crippen molar-refractivity contribution in [1.29, 1.82) is 0 Å². The van der Waals surface area contributed by atoms with Gasteiger partial charge in [0.1, 0.15) is 5.75 Å². The molecule has 1 fully saturated rings. The minimum Gasteiger partial charge on any atom is -0.484 e. The highest BCUT2D eigenvalue weighted by Gasteiger charge is 2.35. The molecular formula is C21H25ClN2O4. The summed E-state index contributed by atoms with van der Waals surface area (Å²) >= 11 is 6.41. The molecule has 7 heteroatoms. The van der Waals surface area contributed by atoms with Crippen LogP contribution < -0.4 is 4.74 Å². The molecule has 0 radical (unpaired) electrons. The topological polar surface area (TPSA) is 70.1 Å². The van der Waals surface area contributed by atoms with E-state index in [1.165, 1.54) is 6.92 Å². The average Bonchev–Trinajstić information content (AvgIpc) is 3.17. The highest BCUT2D eigenvalue weighted by molar-refractivity contribution is 6.22. The van der Waals surface area contributed by atoms with E-state index in [1.807, 2.05) is 18.2 Å². The number of aliphatic hydroxyl groups excluding tert-OH is 1. The maximum atomic E-state index is 12.5. The van der Waals surface area contributed by atoms with Crippen LogP contribution in [0, 0.1) is 0 Å². The second kappa shape index (κ2) is 9.26. The maximum Gasteiger partial charge on any atom is 0.260 e. The third-order valence-corrected chi connectivity index (χ3v) is 5.44. The monoisotopic (exact) mass is 404 g/mol. The molecule has 2 unspecified atom stereocenters. The van der Waals surface area contributed by atoms with Crippen LogP contribution in [-0.2, 0) is 16.2 Å². The third kappa shape index (κ3) is 4.75. The first kappa shape index (κ1) is 20.4. The summed E-state index contributed by atoms with van der Waals surface area (Å²) < 4.78 is 5.56. The SMILES string of the molecule is CC(=O)N(C1=CC=CCC1Cl)C1CCN(C(=O)COc2ccc(CO)cc2)C1. The fraction of sp³-hybridized carbons (Fsp3) is 0.429. The molecule has 1 aliphatic heterocycles. The summed E-state index contributed by atoms with van der Waals surface area (Å²) in [5.74, 6) is 0.402. The average molecular weight is 405 g/mol. The number of likely N-dealkylation sites (tertiary alicyclic amines) is 1. The quantitative estimate of drug-likeness (QED) is 0.739. The third-order valence-electron chi connectivity index (χ3n) is 5.03. The van der Waals surface area contributed by atoms with E-state index >= 15 is 0 Å². The number of halogens is 1.